The molecule has 160 valence electrons. The number of fused-ring (bicyclic) bond motifs is 2. The lowest BCUT2D eigenvalue weighted by atomic mass is 9.99. The smallest absolute Gasteiger partial charge is 0.242 e. The number of hydrogen-bond donors (Lipinski definition) is 0. The van der Waals surface area contributed by atoms with Crippen LogP contribution in [0.25, 0.3) is 11.0 Å². The molecule has 1 aliphatic heterocycles. The Morgan fingerprint density at radius 1 is 1.20 bits per heavy atom. The number of rotatable bonds is 5. The highest BCUT2D eigenvalue weighted by atomic mass is 32.2. The highest BCUT2D eigenvalue weighted by Gasteiger charge is 2.24. The third-order valence-corrected chi connectivity index (χ3v) is 7.51. The van der Waals surface area contributed by atoms with E-state index in [1.165, 1.54) is 18.4 Å². The van der Waals surface area contributed by atoms with Gasteiger partial charge in [0.05, 0.1) is 28.2 Å². The third-order valence-electron chi connectivity index (χ3n) is 5.70. The fourth-order valence-electron chi connectivity index (χ4n) is 4.26. The molecule has 0 radical (unpaired) electrons. The molecule has 0 fully saturated rings. The van der Waals surface area contributed by atoms with Gasteiger partial charge in [0.2, 0.25) is 10.0 Å². The quantitative estimate of drug-likeness (QED) is 0.619. The molecule has 0 saturated carbocycles. The molecule has 0 saturated heterocycles. The first-order chi connectivity index (χ1) is 14.2. The maximum atomic E-state index is 14.8. The van der Waals surface area contributed by atoms with Crippen molar-refractivity contribution in [3.63, 3.8) is 0 Å². The topological polar surface area (TPSA) is 58.4 Å². The Kier molecular flexibility index (Phi) is 5.32. The zero-order chi connectivity index (χ0) is 21.6. The van der Waals surface area contributed by atoms with Crippen molar-refractivity contribution in [1.82, 2.24) is 13.9 Å². The molecule has 30 heavy (non-hydrogen) atoms. The minimum Gasteiger partial charge on any atom is -0.361 e. The normalized spacial score (nSPS) is 14.5. The number of nitrogens with zero attached hydrogens (tertiary/aromatic N) is 4. The van der Waals surface area contributed by atoms with Crippen molar-refractivity contribution < 1.29 is 12.8 Å². The molecular formula is C22H27FN4O2S. The van der Waals surface area contributed by atoms with Crippen LogP contribution in [0.3, 0.4) is 0 Å². The van der Waals surface area contributed by atoms with Gasteiger partial charge in [-0.2, -0.15) is 0 Å². The van der Waals surface area contributed by atoms with Gasteiger partial charge < -0.3 is 9.47 Å². The number of halogens is 1. The molecule has 1 aromatic heterocycles. The molecule has 0 aliphatic carbocycles. The van der Waals surface area contributed by atoms with Crippen molar-refractivity contribution in [3.8, 4) is 0 Å². The Morgan fingerprint density at radius 2 is 1.97 bits per heavy atom. The van der Waals surface area contributed by atoms with E-state index in [1.54, 1.807) is 24.3 Å². The van der Waals surface area contributed by atoms with Gasteiger partial charge >= 0.3 is 0 Å². The van der Waals surface area contributed by atoms with E-state index in [1.807, 2.05) is 13.8 Å². The lowest BCUT2D eigenvalue weighted by Gasteiger charge is -2.31. The van der Waals surface area contributed by atoms with Crippen LogP contribution in [-0.4, -0.2) is 42.9 Å². The Hall–Kier alpha value is -2.45. The first-order valence-corrected chi connectivity index (χ1v) is 11.6. The second-order valence-electron chi connectivity index (χ2n) is 7.99. The lowest BCUT2D eigenvalue weighted by molar-refractivity contribution is 0.521. The average Bonchev–Trinajstić information content (AvgIpc) is 3.03. The maximum absolute atomic E-state index is 14.8. The van der Waals surface area contributed by atoms with Crippen LogP contribution < -0.4 is 4.90 Å². The van der Waals surface area contributed by atoms with Crippen molar-refractivity contribution in [3.05, 3.63) is 53.1 Å². The van der Waals surface area contributed by atoms with E-state index in [0.29, 0.717) is 24.3 Å². The standard InChI is InChI=1S/C22H27FN4O2S/c1-5-27-20-9-8-17(30(28,29)25(3)4)13-19(20)24-21(27)14-26-10-6-7-16-11-15(2)12-18(23)22(16)26/h8-9,11-13H,5-7,10,14H2,1-4H3. The van der Waals surface area contributed by atoms with Gasteiger partial charge in [0.25, 0.3) is 0 Å². The van der Waals surface area contributed by atoms with Crippen LogP contribution in [0.15, 0.2) is 35.2 Å². The van der Waals surface area contributed by atoms with Crippen molar-refractivity contribution in [2.24, 2.45) is 0 Å². The molecule has 0 spiro atoms. The number of hydrogen-bond acceptors (Lipinski definition) is 4. The number of imidazole rings is 1. The molecule has 2 aromatic carbocycles. The van der Waals surface area contributed by atoms with E-state index in [4.69, 9.17) is 4.98 Å². The van der Waals surface area contributed by atoms with E-state index in [9.17, 15) is 12.8 Å². The summed E-state index contributed by atoms with van der Waals surface area (Å²) < 4.78 is 43.1. The summed E-state index contributed by atoms with van der Waals surface area (Å²) in [4.78, 5) is 7.02. The van der Waals surface area contributed by atoms with Gasteiger partial charge in [-0.15, -0.1) is 0 Å². The van der Waals surface area contributed by atoms with Crippen LogP contribution in [0.2, 0.25) is 0 Å². The SMILES string of the molecule is CCn1c(CN2CCCc3cc(C)cc(F)c32)nc2cc(S(=O)(=O)N(C)C)ccc21. The summed E-state index contributed by atoms with van der Waals surface area (Å²) >= 11 is 0. The molecule has 0 bridgehead atoms. The summed E-state index contributed by atoms with van der Waals surface area (Å²) in [6, 6.07) is 8.69. The molecule has 4 rings (SSSR count). The van der Waals surface area contributed by atoms with Gasteiger partial charge in [-0.1, -0.05) is 6.07 Å². The van der Waals surface area contributed by atoms with Gasteiger partial charge in [-0.05, 0) is 62.1 Å². The highest BCUT2D eigenvalue weighted by Crippen LogP contribution is 2.33. The zero-order valence-electron chi connectivity index (χ0n) is 17.8. The summed E-state index contributed by atoms with van der Waals surface area (Å²) in [6.07, 6.45) is 1.84. The van der Waals surface area contributed by atoms with E-state index in [2.05, 4.69) is 15.5 Å². The largest absolute Gasteiger partial charge is 0.361 e. The molecule has 6 nitrogen and oxygen atoms in total. The average molecular weight is 431 g/mol. The molecule has 0 amide bonds. The Labute approximate surface area is 177 Å². The minimum absolute atomic E-state index is 0.191. The van der Waals surface area contributed by atoms with Crippen molar-refractivity contribution in [1.29, 1.82) is 0 Å². The molecule has 8 heteroatoms. The van der Waals surface area contributed by atoms with Crippen molar-refractivity contribution in [2.45, 2.75) is 44.7 Å². The molecule has 3 aromatic rings. The van der Waals surface area contributed by atoms with Crippen LogP contribution in [0.5, 0.6) is 0 Å². The van der Waals surface area contributed by atoms with E-state index in [-0.39, 0.29) is 10.7 Å². The van der Waals surface area contributed by atoms with E-state index >= 15 is 0 Å². The Bertz CT molecular complexity index is 1220. The molecule has 2 heterocycles. The fourth-order valence-corrected chi connectivity index (χ4v) is 5.18. The second kappa shape index (κ2) is 7.67. The monoisotopic (exact) mass is 430 g/mol. The van der Waals surface area contributed by atoms with Gasteiger partial charge in [0.15, 0.2) is 0 Å². The molecule has 0 N–H and O–H groups in total. The van der Waals surface area contributed by atoms with Crippen molar-refractivity contribution >= 4 is 26.7 Å². The minimum atomic E-state index is -3.53. The molecule has 0 atom stereocenters. The van der Waals surface area contributed by atoms with Gasteiger partial charge in [0, 0.05) is 27.2 Å². The van der Waals surface area contributed by atoms with Crippen LogP contribution in [0.1, 0.15) is 30.3 Å². The number of aromatic nitrogens is 2. The lowest BCUT2D eigenvalue weighted by Crippen LogP contribution is -2.31. The van der Waals surface area contributed by atoms with Gasteiger partial charge in [0.1, 0.15) is 11.6 Å². The summed E-state index contributed by atoms with van der Waals surface area (Å²) in [5.41, 5.74) is 4.15. The van der Waals surface area contributed by atoms with Gasteiger partial charge in [-0.3, -0.25) is 0 Å². The summed E-state index contributed by atoms with van der Waals surface area (Å²) in [7, 11) is -0.504. The molecule has 0 unspecified atom stereocenters. The number of benzene rings is 2. The Balaban J connectivity index is 1.76. The maximum Gasteiger partial charge on any atom is 0.242 e. The van der Waals surface area contributed by atoms with E-state index < -0.39 is 10.0 Å². The predicted octanol–water partition coefficient (Wildman–Crippen LogP) is 3.71. The van der Waals surface area contributed by atoms with Crippen LogP contribution in [-0.2, 0) is 29.5 Å². The third kappa shape index (κ3) is 3.48. The predicted molar refractivity (Wildman–Crippen MR) is 117 cm³/mol. The fraction of sp³-hybridized carbons (Fsp3) is 0.409. The molecular weight excluding hydrogens is 403 g/mol. The van der Waals surface area contributed by atoms with Gasteiger partial charge in [-0.25, -0.2) is 22.1 Å². The summed E-state index contributed by atoms with van der Waals surface area (Å²) in [5.74, 6) is 0.614. The summed E-state index contributed by atoms with van der Waals surface area (Å²) in [6.45, 7) is 5.88. The number of sulfonamides is 1. The second-order valence-corrected chi connectivity index (χ2v) is 10.1. The van der Waals surface area contributed by atoms with Crippen LogP contribution >= 0.6 is 0 Å². The first-order valence-electron chi connectivity index (χ1n) is 10.2. The Morgan fingerprint density at radius 3 is 2.67 bits per heavy atom. The van der Waals surface area contributed by atoms with E-state index in [0.717, 1.165) is 41.9 Å². The first kappa shape index (κ1) is 20.8. The highest BCUT2D eigenvalue weighted by molar-refractivity contribution is 7.89. The number of anilines is 1. The van der Waals surface area contributed by atoms with Crippen molar-refractivity contribution in [2.75, 3.05) is 25.5 Å². The number of aryl methyl sites for hydroxylation is 3. The molecule has 1 aliphatic rings. The van der Waals surface area contributed by atoms with Crippen LogP contribution in [0, 0.1) is 12.7 Å². The summed E-state index contributed by atoms with van der Waals surface area (Å²) in [5, 5.41) is 0. The zero-order valence-corrected chi connectivity index (χ0v) is 18.6. The van der Waals surface area contributed by atoms with Crippen LogP contribution in [0.4, 0.5) is 10.1 Å².